The first kappa shape index (κ1) is 9.91. The van der Waals surface area contributed by atoms with Crippen LogP contribution < -0.4 is 11.2 Å². The van der Waals surface area contributed by atoms with Crippen molar-refractivity contribution in [3.05, 3.63) is 27.0 Å². The molecule has 1 heterocycles. The molecule has 0 aliphatic carbocycles. The minimum Gasteiger partial charge on any atom is -0.455 e. The van der Waals surface area contributed by atoms with Crippen LogP contribution in [0.5, 0.6) is 0 Å². The predicted octanol–water partition coefficient (Wildman–Crippen LogP) is -1.20. The summed E-state index contributed by atoms with van der Waals surface area (Å²) >= 11 is 0. The molecular weight excluding hydrogens is 209 g/mol. The molecule has 0 saturated heterocycles. The molecule has 0 radical (unpaired) electrons. The number of imidazole rings is 1. The van der Waals surface area contributed by atoms with Crippen LogP contribution in [0.1, 0.15) is 0 Å². The fraction of sp³-hybridized carbons (Fsp3) is 0.400. The molecule has 0 amide bonds. The number of rotatable bonds is 0. The summed E-state index contributed by atoms with van der Waals surface area (Å²) in [7, 11) is 2.99. The third-order valence-electron chi connectivity index (χ3n) is 1.22. The summed E-state index contributed by atoms with van der Waals surface area (Å²) in [5.74, 6) is 0. The largest absolute Gasteiger partial charge is 3.00 e. The molecule has 4 nitrogen and oxygen atoms in total. The quantitative estimate of drug-likeness (QED) is 0.511. The molecule has 1 aromatic heterocycles. The first-order valence-corrected chi connectivity index (χ1v) is 2.52. The van der Waals surface area contributed by atoms with E-state index in [9.17, 15) is 9.59 Å². The molecule has 0 aliphatic heterocycles. The number of aryl methyl sites for hydroxylation is 1. The van der Waals surface area contributed by atoms with E-state index in [0.29, 0.717) is 0 Å². The topological polar surface area (TPSA) is 44.0 Å². The van der Waals surface area contributed by atoms with Gasteiger partial charge in [0.1, 0.15) is 0 Å². The first-order valence-electron chi connectivity index (χ1n) is 2.52. The molecule has 0 atom stereocenters. The second kappa shape index (κ2) is 3.35. The van der Waals surface area contributed by atoms with Gasteiger partial charge in [0.2, 0.25) is 0 Å². The number of hydrogen-bond donors (Lipinski definition) is 0. The molecule has 50 valence electrons. The van der Waals surface area contributed by atoms with E-state index >= 15 is 0 Å². The average Bonchev–Trinajstić information content (AvgIpc) is 1.98. The van der Waals surface area contributed by atoms with Crippen molar-refractivity contribution in [3.8, 4) is 0 Å². The van der Waals surface area contributed by atoms with Crippen molar-refractivity contribution in [2.24, 2.45) is 14.1 Å². The fourth-order valence-corrected chi connectivity index (χ4v) is 0.638. The molecule has 1 aromatic rings. The van der Waals surface area contributed by atoms with Crippen molar-refractivity contribution < 1.29 is 32.7 Å². The molecule has 1 rings (SSSR count). The standard InChI is InChI=1S/C5H7N2O2.Y/c1-6-3-4(8)7(2)5(6)9;/h3H,1-2H3;/q-1;+3. The SMILES string of the molecule is Cn1[cH-]c(=O)n(C)c1=O.[Y+3]. The Morgan fingerprint density at radius 3 is 1.90 bits per heavy atom. The van der Waals surface area contributed by atoms with Gasteiger partial charge in [-0.2, -0.15) is 0 Å². The van der Waals surface area contributed by atoms with Crippen molar-refractivity contribution in [1.29, 1.82) is 0 Å². The Morgan fingerprint density at radius 2 is 1.80 bits per heavy atom. The van der Waals surface area contributed by atoms with E-state index in [0.717, 1.165) is 4.57 Å². The van der Waals surface area contributed by atoms with Gasteiger partial charge in [-0.1, -0.05) is 6.20 Å². The van der Waals surface area contributed by atoms with Crippen LogP contribution in [0, 0.1) is 0 Å². The van der Waals surface area contributed by atoms with Gasteiger partial charge in [-0.25, -0.2) is 0 Å². The second-order valence-corrected chi connectivity index (χ2v) is 1.92. The Kier molecular flexibility index (Phi) is 3.32. The van der Waals surface area contributed by atoms with Gasteiger partial charge < -0.3 is 13.9 Å². The average molecular weight is 216 g/mol. The van der Waals surface area contributed by atoms with Gasteiger partial charge in [0.15, 0.2) is 11.2 Å². The second-order valence-electron chi connectivity index (χ2n) is 1.92. The van der Waals surface area contributed by atoms with Gasteiger partial charge in [-0.15, -0.1) is 0 Å². The summed E-state index contributed by atoms with van der Waals surface area (Å²) in [6.07, 6.45) is 1.25. The summed E-state index contributed by atoms with van der Waals surface area (Å²) in [6, 6.07) is 0. The molecule has 0 saturated carbocycles. The molecule has 0 spiro atoms. The van der Waals surface area contributed by atoms with Crippen molar-refractivity contribution >= 4 is 0 Å². The van der Waals surface area contributed by atoms with Gasteiger partial charge in [-0.3, -0.25) is 4.79 Å². The van der Waals surface area contributed by atoms with Crippen LogP contribution in [0.15, 0.2) is 15.8 Å². The van der Waals surface area contributed by atoms with Crippen LogP contribution in [-0.4, -0.2) is 9.13 Å². The predicted molar refractivity (Wildman–Crippen MR) is 32.5 cm³/mol. The van der Waals surface area contributed by atoms with E-state index in [1.54, 1.807) is 7.05 Å². The molecule has 0 bridgehead atoms. The third-order valence-corrected chi connectivity index (χ3v) is 1.22. The number of nitrogens with zero attached hydrogens (tertiary/aromatic N) is 2. The van der Waals surface area contributed by atoms with E-state index < -0.39 is 0 Å². The Balaban J connectivity index is 0.000000810. The maximum atomic E-state index is 10.7. The van der Waals surface area contributed by atoms with Crippen molar-refractivity contribution in [3.63, 3.8) is 0 Å². The van der Waals surface area contributed by atoms with Crippen molar-refractivity contribution in [2.75, 3.05) is 0 Å². The van der Waals surface area contributed by atoms with Gasteiger partial charge in [-0.05, 0) is 14.1 Å². The van der Waals surface area contributed by atoms with Crippen LogP contribution in [0.25, 0.3) is 0 Å². The number of aromatic nitrogens is 2. The zero-order valence-electron chi connectivity index (χ0n) is 5.87. The Morgan fingerprint density at radius 1 is 1.30 bits per heavy atom. The minimum absolute atomic E-state index is 0. The normalized spacial score (nSPS) is 9.00. The van der Waals surface area contributed by atoms with E-state index in [4.69, 9.17) is 0 Å². The zero-order chi connectivity index (χ0) is 7.02. The van der Waals surface area contributed by atoms with Crippen LogP contribution in [0.3, 0.4) is 0 Å². The maximum Gasteiger partial charge on any atom is 3.00 e. The maximum absolute atomic E-state index is 10.7. The smallest absolute Gasteiger partial charge is 0.455 e. The Labute approximate surface area is 82.7 Å². The molecule has 10 heavy (non-hydrogen) atoms. The minimum atomic E-state index is -0.278. The van der Waals surface area contributed by atoms with Crippen LogP contribution >= 0.6 is 0 Å². The summed E-state index contributed by atoms with van der Waals surface area (Å²) in [5, 5.41) is 0. The first-order chi connectivity index (χ1) is 4.13. The zero-order valence-corrected chi connectivity index (χ0v) is 8.70. The van der Waals surface area contributed by atoms with Crippen LogP contribution in [0.4, 0.5) is 0 Å². The van der Waals surface area contributed by atoms with E-state index in [1.165, 1.54) is 17.8 Å². The monoisotopic (exact) mass is 216 g/mol. The van der Waals surface area contributed by atoms with E-state index in [1.807, 2.05) is 0 Å². The van der Waals surface area contributed by atoms with E-state index in [-0.39, 0.29) is 44.0 Å². The number of hydrogen-bond acceptors (Lipinski definition) is 2. The molecule has 0 fully saturated rings. The summed E-state index contributed by atoms with van der Waals surface area (Å²) in [4.78, 5) is 21.3. The van der Waals surface area contributed by atoms with Crippen LogP contribution in [-0.2, 0) is 46.8 Å². The fourth-order valence-electron chi connectivity index (χ4n) is 0.638. The summed E-state index contributed by atoms with van der Waals surface area (Å²) in [6.45, 7) is 0. The summed E-state index contributed by atoms with van der Waals surface area (Å²) < 4.78 is 2.31. The molecule has 0 aliphatic rings. The van der Waals surface area contributed by atoms with Gasteiger partial charge >= 0.3 is 32.7 Å². The molecule has 5 heteroatoms. The Hall–Kier alpha value is -0.0861. The molecule has 0 N–H and O–H groups in total. The Bertz CT molecular complexity index is 319. The van der Waals surface area contributed by atoms with Crippen LogP contribution in [0.2, 0.25) is 0 Å². The van der Waals surface area contributed by atoms with Crippen molar-refractivity contribution in [1.82, 2.24) is 9.13 Å². The third kappa shape index (κ3) is 1.49. The molecular formula is C5H7N2O2Y+2. The van der Waals surface area contributed by atoms with Gasteiger partial charge in [0, 0.05) is 0 Å². The molecule has 0 aromatic carbocycles. The van der Waals surface area contributed by atoms with E-state index in [2.05, 4.69) is 0 Å². The molecule has 0 unspecified atom stereocenters. The summed E-state index contributed by atoms with van der Waals surface area (Å²) in [5.41, 5.74) is -0.539. The van der Waals surface area contributed by atoms with Gasteiger partial charge in [0.05, 0.1) is 0 Å². The van der Waals surface area contributed by atoms with Crippen molar-refractivity contribution in [2.45, 2.75) is 0 Å². The van der Waals surface area contributed by atoms with Gasteiger partial charge in [0.25, 0.3) is 0 Å².